The summed E-state index contributed by atoms with van der Waals surface area (Å²) in [6.45, 7) is 6.36. The first-order valence-electron chi connectivity index (χ1n) is 14.4. The molecular formula is C35H31BrClN5O2S. The third-order valence-corrected chi connectivity index (χ3v) is 9.26. The van der Waals surface area contributed by atoms with Gasteiger partial charge >= 0.3 is 0 Å². The molecule has 2 N–H and O–H groups in total. The van der Waals surface area contributed by atoms with Gasteiger partial charge in [0.05, 0.1) is 5.57 Å². The van der Waals surface area contributed by atoms with E-state index in [1.165, 1.54) is 11.8 Å². The summed E-state index contributed by atoms with van der Waals surface area (Å²) in [5, 5.41) is 12.6. The number of allylic oxidation sites excluding steroid dienone is 1. The summed E-state index contributed by atoms with van der Waals surface area (Å²) in [4.78, 5) is 18.8. The fraction of sp³-hybridized carbons (Fsp3) is 0.171. The van der Waals surface area contributed by atoms with E-state index < -0.39 is 6.04 Å². The number of anilines is 2. The first-order chi connectivity index (χ1) is 21.7. The second-order valence-electron chi connectivity index (χ2n) is 10.9. The lowest BCUT2D eigenvalue weighted by Crippen LogP contribution is -2.31. The fourth-order valence-electron chi connectivity index (χ4n) is 5.24. The Labute approximate surface area is 280 Å². The van der Waals surface area contributed by atoms with Crippen LogP contribution in [0.25, 0.3) is 0 Å². The van der Waals surface area contributed by atoms with Gasteiger partial charge in [-0.05, 0) is 79.4 Å². The number of amides is 1. The topological polar surface area (TPSA) is 81.1 Å². The summed E-state index contributed by atoms with van der Waals surface area (Å²) in [6.07, 6.45) is 0. The molecule has 4 aromatic carbocycles. The van der Waals surface area contributed by atoms with Crippen molar-refractivity contribution < 1.29 is 9.53 Å². The molecule has 45 heavy (non-hydrogen) atoms. The van der Waals surface area contributed by atoms with Crippen LogP contribution in [0.3, 0.4) is 0 Å². The molecule has 1 aliphatic heterocycles. The Bertz CT molecular complexity index is 1910. The summed E-state index contributed by atoms with van der Waals surface area (Å²) in [5.74, 6) is 1.70. The largest absolute Gasteiger partial charge is 0.489 e. The molecule has 2 heterocycles. The molecule has 1 amide bonds. The molecule has 0 saturated carbocycles. The molecule has 0 bridgehead atoms. The molecule has 0 spiro atoms. The Morgan fingerprint density at radius 2 is 1.82 bits per heavy atom. The lowest BCUT2D eigenvalue weighted by molar-refractivity contribution is -0.113. The minimum Gasteiger partial charge on any atom is -0.489 e. The minimum atomic E-state index is -0.520. The minimum absolute atomic E-state index is 0.210. The van der Waals surface area contributed by atoms with E-state index in [4.69, 9.17) is 26.4 Å². The van der Waals surface area contributed by atoms with Crippen molar-refractivity contribution in [2.75, 3.05) is 10.6 Å². The first-order valence-corrected chi connectivity index (χ1v) is 16.6. The predicted molar refractivity (Wildman–Crippen MR) is 185 cm³/mol. The van der Waals surface area contributed by atoms with E-state index in [9.17, 15) is 4.79 Å². The van der Waals surface area contributed by atoms with E-state index in [0.29, 0.717) is 39.8 Å². The highest BCUT2D eigenvalue weighted by atomic mass is 79.9. The zero-order valence-electron chi connectivity index (χ0n) is 25.0. The van der Waals surface area contributed by atoms with Crippen molar-refractivity contribution in [3.05, 3.63) is 140 Å². The monoisotopic (exact) mass is 699 g/mol. The molecule has 1 aromatic heterocycles. The van der Waals surface area contributed by atoms with Crippen LogP contribution in [0.5, 0.6) is 5.75 Å². The van der Waals surface area contributed by atoms with E-state index in [1.54, 1.807) is 4.68 Å². The summed E-state index contributed by atoms with van der Waals surface area (Å²) in [6, 6.07) is 29.0. The standard InChI is InChI=1S/C35H31BrClN5O2S/c1-21-11-16-30(22(2)17-21)39-33(43)31-23(3)38-34-40-35(45-20-26-8-4-5-10-29(26)37)41-42(34)32(31)25-12-14-28(15-13-25)44-19-24-7-6-9-27(36)18-24/h4-18,32H,19-20H2,1-3H3,(H,39,43)(H,38,40,41). The van der Waals surface area contributed by atoms with Gasteiger partial charge in [0, 0.05) is 26.6 Å². The zero-order chi connectivity index (χ0) is 31.5. The summed E-state index contributed by atoms with van der Waals surface area (Å²) < 4.78 is 8.86. The molecule has 1 unspecified atom stereocenters. The number of carbonyl (C=O) groups is 1. The number of halogens is 2. The number of fused-ring (bicyclic) bond motifs is 1. The molecule has 0 fully saturated rings. The van der Waals surface area contributed by atoms with Crippen molar-refractivity contribution >= 4 is 56.8 Å². The second kappa shape index (κ2) is 13.5. The lowest BCUT2D eigenvalue weighted by Gasteiger charge is -2.29. The molecule has 0 saturated heterocycles. The average Bonchev–Trinajstić information content (AvgIpc) is 3.43. The van der Waals surface area contributed by atoms with Crippen LogP contribution < -0.4 is 15.4 Å². The number of thioether (sulfide) groups is 1. The highest BCUT2D eigenvalue weighted by molar-refractivity contribution is 9.10. The fourth-order valence-corrected chi connectivity index (χ4v) is 6.80. The third kappa shape index (κ3) is 7.11. The molecule has 6 rings (SSSR count). The Kier molecular flexibility index (Phi) is 9.30. The molecule has 1 atom stereocenters. The van der Waals surface area contributed by atoms with Crippen LogP contribution in [0.15, 0.2) is 112 Å². The summed E-state index contributed by atoms with van der Waals surface area (Å²) in [5.41, 5.74) is 7.10. The smallest absolute Gasteiger partial charge is 0.255 e. The van der Waals surface area contributed by atoms with Crippen LogP contribution in [0.1, 0.15) is 40.8 Å². The van der Waals surface area contributed by atoms with Gasteiger partial charge in [0.25, 0.3) is 5.91 Å². The highest BCUT2D eigenvalue weighted by Gasteiger charge is 2.34. The van der Waals surface area contributed by atoms with E-state index in [2.05, 4.69) is 32.6 Å². The van der Waals surface area contributed by atoms with Gasteiger partial charge in [-0.25, -0.2) is 4.68 Å². The van der Waals surface area contributed by atoms with Gasteiger partial charge in [0.2, 0.25) is 11.1 Å². The molecule has 5 aromatic rings. The maximum atomic E-state index is 14.0. The maximum absolute atomic E-state index is 14.0. The number of ether oxygens (including phenoxy) is 1. The number of hydrogen-bond acceptors (Lipinski definition) is 6. The molecule has 0 aliphatic carbocycles. The molecular weight excluding hydrogens is 670 g/mol. The molecule has 10 heteroatoms. The van der Waals surface area contributed by atoms with Gasteiger partial charge in [0.1, 0.15) is 18.4 Å². The van der Waals surface area contributed by atoms with E-state index in [0.717, 1.165) is 43.7 Å². The van der Waals surface area contributed by atoms with Crippen LogP contribution >= 0.6 is 39.3 Å². The molecule has 1 aliphatic rings. The van der Waals surface area contributed by atoms with Gasteiger partial charge in [0.15, 0.2) is 0 Å². The summed E-state index contributed by atoms with van der Waals surface area (Å²) in [7, 11) is 0. The second-order valence-corrected chi connectivity index (χ2v) is 13.1. The van der Waals surface area contributed by atoms with Crippen LogP contribution in [-0.4, -0.2) is 20.7 Å². The van der Waals surface area contributed by atoms with Crippen LogP contribution in [-0.2, 0) is 17.2 Å². The number of carbonyl (C=O) groups excluding carboxylic acids is 1. The van der Waals surface area contributed by atoms with Gasteiger partial charge in [-0.3, -0.25) is 4.79 Å². The van der Waals surface area contributed by atoms with Crippen molar-refractivity contribution in [1.82, 2.24) is 14.8 Å². The van der Waals surface area contributed by atoms with Gasteiger partial charge in [-0.2, -0.15) is 4.98 Å². The molecule has 0 radical (unpaired) electrons. The molecule has 7 nitrogen and oxygen atoms in total. The number of benzene rings is 4. The van der Waals surface area contributed by atoms with E-state index in [-0.39, 0.29) is 5.91 Å². The lowest BCUT2D eigenvalue weighted by atomic mass is 9.94. The Morgan fingerprint density at radius 1 is 1.02 bits per heavy atom. The predicted octanol–water partition coefficient (Wildman–Crippen LogP) is 9.11. The van der Waals surface area contributed by atoms with Crippen LogP contribution in [0, 0.1) is 13.8 Å². The van der Waals surface area contributed by atoms with Crippen LogP contribution in [0.2, 0.25) is 5.02 Å². The number of rotatable bonds is 9. The van der Waals surface area contributed by atoms with Gasteiger partial charge in [-0.15, -0.1) is 5.10 Å². The quantitative estimate of drug-likeness (QED) is 0.149. The SMILES string of the molecule is CC1=C(C(=O)Nc2ccc(C)cc2C)C(c2ccc(OCc3cccc(Br)c3)cc2)n2nc(SCc3ccccc3Cl)nc2N1. The Morgan fingerprint density at radius 3 is 2.58 bits per heavy atom. The van der Waals surface area contributed by atoms with Crippen LogP contribution in [0.4, 0.5) is 11.6 Å². The Balaban J connectivity index is 1.30. The average molecular weight is 701 g/mol. The highest BCUT2D eigenvalue weighted by Crippen LogP contribution is 2.38. The normalized spacial score (nSPS) is 14.1. The van der Waals surface area contributed by atoms with Crippen molar-refractivity contribution in [2.24, 2.45) is 0 Å². The van der Waals surface area contributed by atoms with Gasteiger partial charge in [-0.1, -0.05) is 99.5 Å². The maximum Gasteiger partial charge on any atom is 0.255 e. The summed E-state index contributed by atoms with van der Waals surface area (Å²) >= 11 is 11.4. The van der Waals surface area contributed by atoms with Crippen molar-refractivity contribution in [3.8, 4) is 5.75 Å². The number of aryl methyl sites for hydroxylation is 2. The number of hydrogen-bond donors (Lipinski definition) is 2. The van der Waals surface area contributed by atoms with Crippen molar-refractivity contribution in [2.45, 2.75) is 44.3 Å². The first kappa shape index (κ1) is 31.0. The van der Waals surface area contributed by atoms with Gasteiger partial charge < -0.3 is 15.4 Å². The number of aromatic nitrogens is 3. The number of nitrogens with zero attached hydrogens (tertiary/aromatic N) is 3. The van der Waals surface area contributed by atoms with E-state index in [1.807, 2.05) is 106 Å². The van der Waals surface area contributed by atoms with Crippen molar-refractivity contribution in [1.29, 1.82) is 0 Å². The zero-order valence-corrected chi connectivity index (χ0v) is 28.1. The number of nitrogens with one attached hydrogen (secondary N) is 2. The van der Waals surface area contributed by atoms with E-state index >= 15 is 0 Å². The third-order valence-electron chi connectivity index (χ3n) is 7.51. The van der Waals surface area contributed by atoms with Crippen molar-refractivity contribution in [3.63, 3.8) is 0 Å². The Hall–Kier alpha value is -4.05. The molecule has 228 valence electrons.